The van der Waals surface area contributed by atoms with Gasteiger partial charge in [-0.25, -0.2) is 9.97 Å². The van der Waals surface area contributed by atoms with Gasteiger partial charge in [0.25, 0.3) is 5.91 Å². The highest BCUT2D eigenvalue weighted by Crippen LogP contribution is 2.34. The maximum absolute atomic E-state index is 12.7. The molecule has 0 unspecified atom stereocenters. The van der Waals surface area contributed by atoms with Gasteiger partial charge in [0.2, 0.25) is 0 Å². The minimum Gasteiger partial charge on any atom is -0.339 e. The third-order valence-electron chi connectivity index (χ3n) is 5.12. The molecular formula is C22H22N4O. The SMILES string of the molecule is Cc1ncc(-c2ccncc2)c(C2CCN(C(=O)c3ccccc3)CC2)n1. The van der Waals surface area contributed by atoms with Crippen LogP contribution in [-0.2, 0) is 0 Å². The predicted molar refractivity (Wildman–Crippen MR) is 104 cm³/mol. The van der Waals surface area contributed by atoms with E-state index in [0.717, 1.165) is 54.1 Å². The molecule has 1 aliphatic rings. The molecular weight excluding hydrogens is 336 g/mol. The minimum atomic E-state index is 0.113. The Morgan fingerprint density at radius 1 is 1.04 bits per heavy atom. The molecule has 1 aliphatic heterocycles. The monoisotopic (exact) mass is 358 g/mol. The Kier molecular flexibility index (Phi) is 4.92. The quantitative estimate of drug-likeness (QED) is 0.713. The highest BCUT2D eigenvalue weighted by molar-refractivity contribution is 5.94. The number of amides is 1. The van der Waals surface area contributed by atoms with Crippen molar-refractivity contribution in [1.82, 2.24) is 19.9 Å². The van der Waals surface area contributed by atoms with Crippen LogP contribution in [0.5, 0.6) is 0 Å². The van der Waals surface area contributed by atoms with E-state index in [1.807, 2.05) is 60.5 Å². The van der Waals surface area contributed by atoms with Gasteiger partial charge in [0.15, 0.2) is 0 Å². The topological polar surface area (TPSA) is 59.0 Å². The number of carbonyl (C=O) groups is 1. The zero-order valence-corrected chi connectivity index (χ0v) is 15.4. The van der Waals surface area contributed by atoms with E-state index in [1.165, 1.54) is 0 Å². The molecule has 27 heavy (non-hydrogen) atoms. The van der Waals surface area contributed by atoms with Gasteiger partial charge in [-0.1, -0.05) is 18.2 Å². The summed E-state index contributed by atoms with van der Waals surface area (Å²) in [4.78, 5) is 27.9. The predicted octanol–water partition coefficient (Wildman–Crippen LogP) is 3.87. The van der Waals surface area contributed by atoms with Crippen molar-refractivity contribution in [2.75, 3.05) is 13.1 Å². The number of aromatic nitrogens is 3. The summed E-state index contributed by atoms with van der Waals surface area (Å²) in [6.07, 6.45) is 7.31. The summed E-state index contributed by atoms with van der Waals surface area (Å²) in [5.74, 6) is 1.22. The molecule has 0 spiro atoms. The molecule has 5 nitrogen and oxygen atoms in total. The van der Waals surface area contributed by atoms with Gasteiger partial charge >= 0.3 is 0 Å². The van der Waals surface area contributed by atoms with Gasteiger partial charge in [-0.2, -0.15) is 0 Å². The van der Waals surface area contributed by atoms with E-state index in [4.69, 9.17) is 4.98 Å². The number of carbonyl (C=O) groups excluding carboxylic acids is 1. The Morgan fingerprint density at radius 3 is 2.44 bits per heavy atom. The third kappa shape index (κ3) is 3.72. The van der Waals surface area contributed by atoms with Crippen LogP contribution in [0.25, 0.3) is 11.1 Å². The lowest BCUT2D eigenvalue weighted by atomic mass is 9.89. The van der Waals surface area contributed by atoms with Crippen molar-refractivity contribution in [3.05, 3.63) is 78.1 Å². The summed E-state index contributed by atoms with van der Waals surface area (Å²) in [6.45, 7) is 3.42. The highest BCUT2D eigenvalue weighted by atomic mass is 16.2. The number of benzene rings is 1. The highest BCUT2D eigenvalue weighted by Gasteiger charge is 2.27. The average Bonchev–Trinajstić information content (AvgIpc) is 2.74. The number of aryl methyl sites for hydroxylation is 1. The van der Waals surface area contributed by atoms with E-state index in [0.29, 0.717) is 5.92 Å². The Hall–Kier alpha value is -3.08. The standard InChI is InChI=1S/C22H22N4O/c1-16-24-15-20(17-7-11-23-12-8-17)21(25-16)18-9-13-26(14-10-18)22(27)19-5-3-2-4-6-19/h2-8,11-12,15,18H,9-10,13-14H2,1H3. The largest absolute Gasteiger partial charge is 0.339 e. The molecule has 3 heterocycles. The second-order valence-corrected chi connectivity index (χ2v) is 6.88. The van der Waals surface area contributed by atoms with Crippen molar-refractivity contribution in [1.29, 1.82) is 0 Å². The molecule has 1 amide bonds. The zero-order chi connectivity index (χ0) is 18.6. The molecule has 0 aliphatic carbocycles. The second-order valence-electron chi connectivity index (χ2n) is 6.88. The number of likely N-dealkylation sites (tertiary alicyclic amines) is 1. The summed E-state index contributed by atoms with van der Waals surface area (Å²) in [7, 11) is 0. The first-order valence-electron chi connectivity index (χ1n) is 9.30. The number of nitrogens with zero attached hydrogens (tertiary/aromatic N) is 4. The van der Waals surface area contributed by atoms with Crippen molar-refractivity contribution in [3.63, 3.8) is 0 Å². The van der Waals surface area contributed by atoms with Crippen LogP contribution in [0.3, 0.4) is 0 Å². The molecule has 1 saturated heterocycles. The molecule has 4 rings (SSSR count). The molecule has 0 N–H and O–H groups in total. The smallest absolute Gasteiger partial charge is 0.253 e. The van der Waals surface area contributed by atoms with Gasteiger partial charge in [0.1, 0.15) is 5.82 Å². The molecule has 1 aromatic carbocycles. The second kappa shape index (κ2) is 7.66. The van der Waals surface area contributed by atoms with Crippen LogP contribution < -0.4 is 0 Å². The lowest BCUT2D eigenvalue weighted by Crippen LogP contribution is -2.38. The van der Waals surface area contributed by atoms with Gasteiger partial charge < -0.3 is 4.90 Å². The number of rotatable bonds is 3. The van der Waals surface area contributed by atoms with E-state index >= 15 is 0 Å². The number of piperidine rings is 1. The maximum atomic E-state index is 12.7. The first-order chi connectivity index (χ1) is 13.2. The van der Waals surface area contributed by atoms with Crippen LogP contribution in [0.4, 0.5) is 0 Å². The maximum Gasteiger partial charge on any atom is 0.253 e. The van der Waals surface area contributed by atoms with Crippen LogP contribution in [0.2, 0.25) is 0 Å². The molecule has 5 heteroatoms. The van der Waals surface area contributed by atoms with Crippen molar-refractivity contribution in [3.8, 4) is 11.1 Å². The fourth-order valence-corrected chi connectivity index (χ4v) is 3.67. The summed E-state index contributed by atoms with van der Waals surface area (Å²) in [5.41, 5.74) is 3.99. The molecule has 3 aromatic rings. The Labute approximate surface area is 159 Å². The van der Waals surface area contributed by atoms with Gasteiger partial charge in [-0.15, -0.1) is 0 Å². The van der Waals surface area contributed by atoms with Gasteiger partial charge in [-0.05, 0) is 49.6 Å². The van der Waals surface area contributed by atoms with Crippen molar-refractivity contribution in [2.45, 2.75) is 25.7 Å². The van der Waals surface area contributed by atoms with Crippen molar-refractivity contribution in [2.24, 2.45) is 0 Å². The van der Waals surface area contributed by atoms with Crippen LogP contribution in [-0.4, -0.2) is 38.8 Å². The lowest BCUT2D eigenvalue weighted by Gasteiger charge is -2.32. The molecule has 0 radical (unpaired) electrons. The van der Waals surface area contributed by atoms with Gasteiger partial charge in [0.05, 0.1) is 5.69 Å². The molecule has 0 saturated carbocycles. The molecule has 1 fully saturated rings. The van der Waals surface area contributed by atoms with Gasteiger partial charge in [-0.3, -0.25) is 9.78 Å². The number of pyridine rings is 1. The molecule has 0 atom stereocenters. The average molecular weight is 358 g/mol. The molecule has 0 bridgehead atoms. The molecule has 2 aromatic heterocycles. The van der Waals surface area contributed by atoms with E-state index < -0.39 is 0 Å². The Balaban J connectivity index is 1.53. The van der Waals surface area contributed by atoms with Crippen LogP contribution in [0.1, 0.15) is 40.6 Å². The lowest BCUT2D eigenvalue weighted by molar-refractivity contribution is 0.0712. The third-order valence-corrected chi connectivity index (χ3v) is 5.12. The van der Waals surface area contributed by atoms with Crippen molar-refractivity contribution >= 4 is 5.91 Å². The minimum absolute atomic E-state index is 0.113. The zero-order valence-electron chi connectivity index (χ0n) is 15.4. The van der Waals surface area contributed by atoms with Gasteiger partial charge in [0, 0.05) is 48.7 Å². The van der Waals surface area contributed by atoms with E-state index in [2.05, 4.69) is 9.97 Å². The molecule has 136 valence electrons. The first kappa shape index (κ1) is 17.3. The van der Waals surface area contributed by atoms with E-state index in [1.54, 1.807) is 12.4 Å². The summed E-state index contributed by atoms with van der Waals surface area (Å²) in [5, 5.41) is 0. The fraction of sp³-hybridized carbons (Fsp3) is 0.273. The summed E-state index contributed by atoms with van der Waals surface area (Å²) < 4.78 is 0. The van der Waals surface area contributed by atoms with Crippen molar-refractivity contribution < 1.29 is 4.79 Å². The van der Waals surface area contributed by atoms with Crippen LogP contribution in [0, 0.1) is 6.92 Å². The first-order valence-corrected chi connectivity index (χ1v) is 9.30. The normalized spacial score (nSPS) is 14.9. The van der Waals surface area contributed by atoms with E-state index in [9.17, 15) is 4.79 Å². The van der Waals surface area contributed by atoms with Crippen LogP contribution >= 0.6 is 0 Å². The fourth-order valence-electron chi connectivity index (χ4n) is 3.67. The summed E-state index contributed by atoms with van der Waals surface area (Å²) in [6, 6.07) is 13.5. The number of hydrogen-bond donors (Lipinski definition) is 0. The van der Waals surface area contributed by atoms with E-state index in [-0.39, 0.29) is 5.91 Å². The Morgan fingerprint density at radius 2 is 1.74 bits per heavy atom. The summed E-state index contributed by atoms with van der Waals surface area (Å²) >= 11 is 0. The van der Waals surface area contributed by atoms with Crippen LogP contribution in [0.15, 0.2) is 61.1 Å². The Bertz CT molecular complexity index is 920. The number of hydrogen-bond acceptors (Lipinski definition) is 4.